The summed E-state index contributed by atoms with van der Waals surface area (Å²) in [6.07, 6.45) is 2.13. The molecule has 4 rings (SSSR count). The Kier molecular flexibility index (Phi) is 5.19. The van der Waals surface area contributed by atoms with Crippen molar-refractivity contribution in [1.29, 1.82) is 0 Å². The Hall–Kier alpha value is -2.36. The van der Waals surface area contributed by atoms with Crippen molar-refractivity contribution in [2.75, 3.05) is 0 Å². The van der Waals surface area contributed by atoms with E-state index in [0.29, 0.717) is 25.2 Å². The van der Waals surface area contributed by atoms with Gasteiger partial charge in [0.2, 0.25) is 0 Å². The zero-order valence-corrected chi connectivity index (χ0v) is 15.3. The monoisotopic (exact) mass is 360 g/mol. The van der Waals surface area contributed by atoms with Crippen LogP contribution in [0, 0.1) is 0 Å². The second-order valence-electron chi connectivity index (χ2n) is 6.55. The third-order valence-corrected chi connectivity index (χ3v) is 5.38. The molecule has 0 amide bonds. The van der Waals surface area contributed by atoms with Crippen LogP contribution >= 0.6 is 12.0 Å². The molecule has 0 radical (unpaired) electrons. The van der Waals surface area contributed by atoms with Gasteiger partial charge in [0, 0.05) is 29.8 Å². The second kappa shape index (κ2) is 7.90. The predicted molar refractivity (Wildman–Crippen MR) is 106 cm³/mol. The van der Waals surface area contributed by atoms with Gasteiger partial charge in [0.05, 0.1) is 6.61 Å². The molecule has 2 nitrogen and oxygen atoms in total. The number of rotatable bonds is 5. The number of aryl methyl sites for hydroxylation is 1. The Bertz CT molecular complexity index is 901. The lowest BCUT2D eigenvalue weighted by Crippen LogP contribution is -2.13. The van der Waals surface area contributed by atoms with E-state index in [-0.39, 0.29) is 0 Å². The number of hydrogen-bond acceptors (Lipinski definition) is 3. The van der Waals surface area contributed by atoms with Crippen molar-refractivity contribution < 1.29 is 8.98 Å². The van der Waals surface area contributed by atoms with Crippen LogP contribution in [0.3, 0.4) is 0 Å². The molecular formula is C23H20O2S. The standard InChI is InChI=1S/C23H20O2S/c24-22-11-8-19-6-7-20(14-21(19)15-22)18-9-12-23(13-10-18)26-25-16-17-4-2-1-3-5-17/h1-7,9-10,12-14H,8,11,15-16H2. The molecule has 0 aliphatic heterocycles. The Morgan fingerprint density at radius 3 is 2.38 bits per heavy atom. The smallest absolute Gasteiger partial charge is 0.137 e. The van der Waals surface area contributed by atoms with Gasteiger partial charge in [-0.2, -0.15) is 0 Å². The molecule has 0 fully saturated rings. The summed E-state index contributed by atoms with van der Waals surface area (Å²) in [5.41, 5.74) is 6.00. The fourth-order valence-electron chi connectivity index (χ4n) is 3.23. The number of benzene rings is 3. The van der Waals surface area contributed by atoms with Gasteiger partial charge in [0.25, 0.3) is 0 Å². The first-order chi connectivity index (χ1) is 12.8. The number of ketones is 1. The number of Topliss-reactive ketones (excluding diaryl/α,β-unsaturated/α-hetero) is 1. The number of fused-ring (bicyclic) bond motifs is 1. The summed E-state index contributed by atoms with van der Waals surface area (Å²) in [5.74, 6) is 0.344. The Morgan fingerprint density at radius 2 is 1.58 bits per heavy atom. The van der Waals surface area contributed by atoms with Crippen LogP contribution in [-0.2, 0) is 28.4 Å². The maximum absolute atomic E-state index is 11.7. The maximum atomic E-state index is 11.7. The lowest BCUT2D eigenvalue weighted by molar-refractivity contribution is -0.118. The van der Waals surface area contributed by atoms with Crippen LogP contribution in [0.4, 0.5) is 0 Å². The summed E-state index contributed by atoms with van der Waals surface area (Å²) in [4.78, 5) is 12.8. The van der Waals surface area contributed by atoms with Crippen LogP contribution in [0.2, 0.25) is 0 Å². The highest BCUT2D eigenvalue weighted by atomic mass is 32.2. The van der Waals surface area contributed by atoms with E-state index in [1.54, 1.807) is 0 Å². The van der Waals surface area contributed by atoms with Gasteiger partial charge in [-0.05, 0) is 46.4 Å². The van der Waals surface area contributed by atoms with E-state index in [1.807, 2.05) is 18.2 Å². The molecule has 0 aromatic heterocycles. The Balaban J connectivity index is 1.41. The van der Waals surface area contributed by atoms with E-state index >= 15 is 0 Å². The Labute approximate surface area is 158 Å². The third kappa shape index (κ3) is 4.06. The minimum Gasteiger partial charge on any atom is -0.305 e. The van der Waals surface area contributed by atoms with Gasteiger partial charge in [0.1, 0.15) is 5.78 Å². The zero-order valence-electron chi connectivity index (χ0n) is 14.5. The lowest BCUT2D eigenvalue weighted by atomic mass is 9.88. The lowest BCUT2D eigenvalue weighted by Gasteiger charge is -2.16. The summed E-state index contributed by atoms with van der Waals surface area (Å²) in [7, 11) is 0. The number of carbonyl (C=O) groups excluding carboxylic acids is 1. The average Bonchev–Trinajstić information content (AvgIpc) is 2.69. The molecule has 130 valence electrons. The number of carbonyl (C=O) groups is 1. The maximum Gasteiger partial charge on any atom is 0.137 e. The molecular weight excluding hydrogens is 340 g/mol. The molecule has 0 unspecified atom stereocenters. The first kappa shape index (κ1) is 17.1. The van der Waals surface area contributed by atoms with Crippen LogP contribution in [0.25, 0.3) is 11.1 Å². The van der Waals surface area contributed by atoms with Crippen molar-refractivity contribution in [1.82, 2.24) is 0 Å². The molecule has 3 aromatic carbocycles. The van der Waals surface area contributed by atoms with E-state index in [0.717, 1.165) is 11.3 Å². The van der Waals surface area contributed by atoms with Crippen LogP contribution in [0.1, 0.15) is 23.1 Å². The van der Waals surface area contributed by atoms with Gasteiger partial charge in [-0.25, -0.2) is 0 Å². The molecule has 0 N–H and O–H groups in total. The van der Waals surface area contributed by atoms with E-state index in [2.05, 4.69) is 54.6 Å². The topological polar surface area (TPSA) is 26.3 Å². The summed E-state index contributed by atoms with van der Waals surface area (Å²) in [5, 5.41) is 0. The second-order valence-corrected chi connectivity index (χ2v) is 7.43. The quantitative estimate of drug-likeness (QED) is 0.551. The predicted octanol–water partition coefficient (Wildman–Crippen LogP) is 5.64. The molecule has 0 heterocycles. The van der Waals surface area contributed by atoms with Crippen molar-refractivity contribution in [3.8, 4) is 11.1 Å². The molecule has 3 aromatic rings. The largest absolute Gasteiger partial charge is 0.305 e. The van der Waals surface area contributed by atoms with Gasteiger partial charge in [0.15, 0.2) is 0 Å². The van der Waals surface area contributed by atoms with E-state index < -0.39 is 0 Å². The summed E-state index contributed by atoms with van der Waals surface area (Å²) >= 11 is 1.40. The van der Waals surface area contributed by atoms with Crippen molar-refractivity contribution in [2.24, 2.45) is 0 Å². The van der Waals surface area contributed by atoms with Gasteiger partial charge < -0.3 is 4.18 Å². The van der Waals surface area contributed by atoms with E-state index in [9.17, 15) is 4.79 Å². The average molecular weight is 360 g/mol. The molecule has 1 aliphatic rings. The summed E-state index contributed by atoms with van der Waals surface area (Å²) in [6, 6.07) is 25.0. The van der Waals surface area contributed by atoms with Gasteiger partial charge in [-0.1, -0.05) is 60.7 Å². The van der Waals surface area contributed by atoms with Crippen LogP contribution in [0.15, 0.2) is 77.7 Å². The highest BCUT2D eigenvalue weighted by Gasteiger charge is 2.15. The molecule has 1 aliphatic carbocycles. The summed E-state index contributed by atoms with van der Waals surface area (Å²) < 4.78 is 5.72. The minimum atomic E-state index is 0.344. The van der Waals surface area contributed by atoms with Crippen molar-refractivity contribution in [3.63, 3.8) is 0 Å². The molecule has 0 spiro atoms. The highest BCUT2D eigenvalue weighted by Crippen LogP contribution is 2.29. The van der Waals surface area contributed by atoms with Gasteiger partial charge >= 0.3 is 0 Å². The summed E-state index contributed by atoms with van der Waals surface area (Å²) in [6.45, 7) is 0.589. The van der Waals surface area contributed by atoms with Gasteiger partial charge in [-0.15, -0.1) is 0 Å². The van der Waals surface area contributed by atoms with Crippen molar-refractivity contribution in [2.45, 2.75) is 30.8 Å². The number of hydrogen-bond donors (Lipinski definition) is 0. The fourth-order valence-corrected chi connectivity index (χ4v) is 3.81. The van der Waals surface area contributed by atoms with Crippen LogP contribution in [0.5, 0.6) is 0 Å². The van der Waals surface area contributed by atoms with Crippen LogP contribution in [-0.4, -0.2) is 5.78 Å². The third-order valence-electron chi connectivity index (χ3n) is 4.68. The minimum absolute atomic E-state index is 0.344. The van der Waals surface area contributed by atoms with Crippen LogP contribution < -0.4 is 0 Å². The molecule has 0 atom stereocenters. The molecule has 3 heteroatoms. The molecule has 26 heavy (non-hydrogen) atoms. The molecule has 0 saturated carbocycles. The SMILES string of the molecule is O=C1CCc2ccc(-c3ccc(SOCc4ccccc4)cc3)cc2C1. The normalized spacial score (nSPS) is 13.5. The van der Waals surface area contributed by atoms with Gasteiger partial charge in [-0.3, -0.25) is 4.79 Å². The first-order valence-electron chi connectivity index (χ1n) is 8.85. The molecule has 0 saturated heterocycles. The van der Waals surface area contributed by atoms with Crippen molar-refractivity contribution in [3.05, 3.63) is 89.5 Å². The van der Waals surface area contributed by atoms with E-state index in [4.69, 9.17) is 4.18 Å². The highest BCUT2D eigenvalue weighted by molar-refractivity contribution is 7.94. The first-order valence-corrected chi connectivity index (χ1v) is 9.59. The molecule has 0 bridgehead atoms. The fraction of sp³-hybridized carbons (Fsp3) is 0.174. The zero-order chi connectivity index (χ0) is 17.8. The van der Waals surface area contributed by atoms with Crippen molar-refractivity contribution >= 4 is 17.8 Å². The van der Waals surface area contributed by atoms with E-state index in [1.165, 1.54) is 39.9 Å². The Morgan fingerprint density at radius 1 is 0.808 bits per heavy atom.